The van der Waals surface area contributed by atoms with E-state index in [0.29, 0.717) is 6.42 Å². The summed E-state index contributed by atoms with van der Waals surface area (Å²) in [5.41, 5.74) is 5.60. The second-order valence-electron chi connectivity index (χ2n) is 12.5. The zero-order valence-corrected chi connectivity index (χ0v) is 28.9. The Balaban J connectivity index is 1.49. The number of amides is 1. The first-order valence-electron chi connectivity index (χ1n) is 15.3. The Morgan fingerprint density at radius 2 is 1.45 bits per heavy atom. The minimum absolute atomic E-state index is 0.0493. The van der Waals surface area contributed by atoms with Gasteiger partial charge >= 0.3 is 13.7 Å². The van der Waals surface area contributed by atoms with Gasteiger partial charge in [0.05, 0.1) is 19.3 Å². The third-order valence-corrected chi connectivity index (χ3v) is 14.5. The zero-order valence-electron chi connectivity index (χ0n) is 27.0. The standard InChI is InChI=1S/C35H46NO6PSi/c1-8-40-43(38,41-9-2)23-22-27(24-26-18-20-28(21-19-26)42-44(6,7)35(3,4)5)36-34(37)39-25-33-31-16-12-10-14-29(31)30-15-11-13-17-32(30)33/h10-23,27,33H,8-9,24-25H2,1-7H3,(H,36,37)/t27-/m0/s1. The number of hydrogen-bond acceptors (Lipinski definition) is 6. The van der Waals surface area contributed by atoms with E-state index >= 15 is 0 Å². The molecule has 0 heterocycles. The molecule has 3 aromatic rings. The molecule has 1 atom stereocenters. The van der Waals surface area contributed by atoms with E-state index in [9.17, 15) is 9.36 Å². The van der Waals surface area contributed by atoms with Gasteiger partial charge in [0.15, 0.2) is 0 Å². The quantitative estimate of drug-likeness (QED) is 0.149. The Morgan fingerprint density at radius 3 is 1.98 bits per heavy atom. The van der Waals surface area contributed by atoms with Gasteiger partial charge in [0, 0.05) is 11.7 Å². The average molecular weight is 636 g/mol. The Labute approximate surface area is 263 Å². The molecular formula is C35H46NO6PSi. The van der Waals surface area contributed by atoms with Crippen LogP contribution in [0.15, 0.2) is 84.7 Å². The van der Waals surface area contributed by atoms with E-state index in [0.717, 1.165) is 22.4 Å². The first kappa shape index (κ1) is 33.7. The lowest BCUT2D eigenvalue weighted by Crippen LogP contribution is -2.43. The number of carbonyl (C=O) groups excluding carboxylic acids is 1. The zero-order chi connectivity index (χ0) is 32.0. The summed E-state index contributed by atoms with van der Waals surface area (Å²) >= 11 is 0. The largest absolute Gasteiger partial charge is 0.544 e. The molecule has 1 aliphatic carbocycles. The molecule has 236 valence electrons. The number of hydrogen-bond donors (Lipinski definition) is 1. The van der Waals surface area contributed by atoms with Gasteiger partial charge in [-0.1, -0.05) is 87.5 Å². The van der Waals surface area contributed by atoms with Gasteiger partial charge in [0.25, 0.3) is 0 Å². The molecule has 0 saturated carbocycles. The van der Waals surface area contributed by atoms with Crippen LogP contribution in [0.4, 0.5) is 4.79 Å². The molecule has 0 spiro atoms. The van der Waals surface area contributed by atoms with Crippen molar-refractivity contribution in [2.45, 2.75) is 71.1 Å². The average Bonchev–Trinajstić information content (AvgIpc) is 3.29. The molecule has 0 unspecified atom stereocenters. The van der Waals surface area contributed by atoms with Crippen LogP contribution in [0.1, 0.15) is 57.2 Å². The number of carbonyl (C=O) groups is 1. The molecule has 1 amide bonds. The highest BCUT2D eigenvalue weighted by Gasteiger charge is 2.39. The topological polar surface area (TPSA) is 83.1 Å². The molecule has 0 aliphatic heterocycles. The number of alkyl carbamates (subject to hydrolysis) is 1. The van der Waals surface area contributed by atoms with Gasteiger partial charge in [-0.05, 0) is 78.4 Å². The molecule has 0 saturated heterocycles. The second kappa shape index (κ2) is 14.3. The lowest BCUT2D eigenvalue weighted by Gasteiger charge is -2.36. The van der Waals surface area contributed by atoms with Crippen molar-refractivity contribution < 1.29 is 27.6 Å². The van der Waals surface area contributed by atoms with Crippen molar-refractivity contribution >= 4 is 22.0 Å². The molecule has 0 aromatic heterocycles. The van der Waals surface area contributed by atoms with Gasteiger partial charge in [0.1, 0.15) is 12.4 Å². The summed E-state index contributed by atoms with van der Waals surface area (Å²) in [7, 11) is -5.44. The van der Waals surface area contributed by atoms with Crippen molar-refractivity contribution in [1.29, 1.82) is 0 Å². The summed E-state index contributed by atoms with van der Waals surface area (Å²) in [6.07, 6.45) is 1.56. The summed E-state index contributed by atoms with van der Waals surface area (Å²) in [6, 6.07) is 23.9. The summed E-state index contributed by atoms with van der Waals surface area (Å²) < 4.78 is 36.3. The van der Waals surface area contributed by atoms with E-state index in [-0.39, 0.29) is 30.8 Å². The Morgan fingerprint density at radius 1 is 0.909 bits per heavy atom. The summed E-state index contributed by atoms with van der Waals surface area (Å²) in [5.74, 6) is 2.21. The smallest absolute Gasteiger partial charge is 0.407 e. The first-order chi connectivity index (χ1) is 20.9. The van der Waals surface area contributed by atoms with Gasteiger partial charge in [-0.2, -0.15) is 0 Å². The van der Waals surface area contributed by atoms with Gasteiger partial charge in [-0.15, -0.1) is 0 Å². The molecule has 44 heavy (non-hydrogen) atoms. The molecular weight excluding hydrogens is 589 g/mol. The van der Waals surface area contributed by atoms with Crippen molar-refractivity contribution in [2.24, 2.45) is 0 Å². The van der Waals surface area contributed by atoms with Crippen LogP contribution in [0.2, 0.25) is 18.1 Å². The number of ether oxygens (including phenoxy) is 1. The summed E-state index contributed by atoms with van der Waals surface area (Å²) in [6.45, 7) is 15.3. The molecule has 9 heteroatoms. The predicted molar refractivity (Wildman–Crippen MR) is 180 cm³/mol. The fourth-order valence-corrected chi connectivity index (χ4v) is 7.46. The molecule has 1 N–H and O–H groups in total. The molecule has 7 nitrogen and oxygen atoms in total. The minimum Gasteiger partial charge on any atom is -0.544 e. The Bertz CT molecular complexity index is 1440. The molecule has 1 aliphatic rings. The maximum Gasteiger partial charge on any atom is 0.407 e. The van der Waals surface area contributed by atoms with Crippen LogP contribution in [0, 0.1) is 0 Å². The van der Waals surface area contributed by atoms with Crippen LogP contribution < -0.4 is 9.74 Å². The van der Waals surface area contributed by atoms with Gasteiger partial charge in [-0.3, -0.25) is 4.57 Å². The van der Waals surface area contributed by atoms with E-state index < -0.39 is 28.0 Å². The lowest BCUT2D eigenvalue weighted by atomic mass is 9.98. The third kappa shape index (κ3) is 8.30. The predicted octanol–water partition coefficient (Wildman–Crippen LogP) is 9.30. The normalized spacial score (nSPS) is 14.2. The van der Waals surface area contributed by atoms with E-state index in [4.69, 9.17) is 18.2 Å². The number of benzene rings is 3. The highest BCUT2D eigenvalue weighted by molar-refractivity contribution is 7.57. The number of rotatable bonds is 13. The Hall–Kier alpha value is -3.16. The van der Waals surface area contributed by atoms with Crippen LogP contribution in [0.5, 0.6) is 5.75 Å². The summed E-state index contributed by atoms with van der Waals surface area (Å²) in [5, 5.41) is 3.05. The van der Waals surface area contributed by atoms with Crippen LogP contribution in [0.25, 0.3) is 11.1 Å². The van der Waals surface area contributed by atoms with Gasteiger partial charge in [0.2, 0.25) is 8.32 Å². The van der Waals surface area contributed by atoms with Crippen molar-refractivity contribution in [3.8, 4) is 16.9 Å². The van der Waals surface area contributed by atoms with Gasteiger partial charge in [-0.25, -0.2) is 4.79 Å². The van der Waals surface area contributed by atoms with Crippen molar-refractivity contribution in [1.82, 2.24) is 5.32 Å². The fraction of sp³-hybridized carbons (Fsp3) is 0.400. The van der Waals surface area contributed by atoms with Crippen LogP contribution >= 0.6 is 7.60 Å². The minimum atomic E-state index is -3.46. The fourth-order valence-electron chi connectivity index (χ4n) is 5.05. The maximum atomic E-state index is 13.2. The third-order valence-electron chi connectivity index (χ3n) is 8.32. The SMILES string of the molecule is CCOP(=O)(C=C[C@@H](Cc1ccc(O[Si](C)(C)C(C)(C)C)cc1)NC(=O)OCC1c2ccccc2-c2ccccc21)OCC. The van der Waals surface area contributed by atoms with E-state index in [1.165, 1.54) is 16.9 Å². The number of nitrogens with one attached hydrogen (secondary N) is 1. The molecule has 4 rings (SSSR count). The first-order valence-corrected chi connectivity index (χ1v) is 19.9. The second-order valence-corrected chi connectivity index (χ2v) is 19.1. The maximum absolute atomic E-state index is 13.2. The van der Waals surface area contributed by atoms with Crippen molar-refractivity contribution in [3.05, 3.63) is 101 Å². The van der Waals surface area contributed by atoms with Crippen molar-refractivity contribution in [3.63, 3.8) is 0 Å². The molecule has 0 fully saturated rings. The van der Waals surface area contributed by atoms with Crippen LogP contribution in [-0.2, 0) is 24.8 Å². The van der Waals surface area contributed by atoms with Crippen molar-refractivity contribution in [2.75, 3.05) is 19.8 Å². The van der Waals surface area contributed by atoms with Crippen LogP contribution in [-0.4, -0.2) is 40.3 Å². The van der Waals surface area contributed by atoms with Crippen LogP contribution in [0.3, 0.4) is 0 Å². The van der Waals surface area contributed by atoms with Gasteiger partial charge < -0.3 is 23.5 Å². The molecule has 0 radical (unpaired) electrons. The monoisotopic (exact) mass is 635 g/mol. The van der Waals surface area contributed by atoms with E-state index in [1.807, 2.05) is 48.5 Å². The Kier molecular flexibility index (Phi) is 11.0. The number of fused-ring (bicyclic) bond motifs is 3. The molecule has 0 bridgehead atoms. The summed E-state index contributed by atoms with van der Waals surface area (Å²) in [4.78, 5) is 13.2. The highest BCUT2D eigenvalue weighted by Crippen LogP contribution is 2.49. The van der Waals surface area contributed by atoms with E-state index in [1.54, 1.807) is 19.9 Å². The van der Waals surface area contributed by atoms with E-state index in [2.05, 4.69) is 63.4 Å². The highest BCUT2D eigenvalue weighted by atomic mass is 31.2. The lowest BCUT2D eigenvalue weighted by molar-refractivity contribution is 0.140. The molecule has 3 aromatic carbocycles.